The lowest BCUT2D eigenvalue weighted by Crippen LogP contribution is -2.48. The molecular formula is C25H21F3N4O4S. The van der Waals surface area contributed by atoms with Crippen molar-refractivity contribution in [2.24, 2.45) is 0 Å². The minimum atomic E-state index is -4.72. The second-order valence-electron chi connectivity index (χ2n) is 8.37. The Morgan fingerprint density at radius 3 is 2.22 bits per heavy atom. The Kier molecular flexibility index (Phi) is 6.83. The Labute approximate surface area is 212 Å². The summed E-state index contributed by atoms with van der Waals surface area (Å²) in [7, 11) is -0.930. The van der Waals surface area contributed by atoms with Crippen molar-refractivity contribution >= 4 is 22.5 Å². The number of benzene rings is 2. The first kappa shape index (κ1) is 24.8. The highest BCUT2D eigenvalue weighted by atomic mass is 32.2. The van der Waals surface area contributed by atoms with Gasteiger partial charge in [0.05, 0.1) is 19.1 Å². The normalized spacial score (nSPS) is 14.6. The van der Waals surface area contributed by atoms with E-state index in [9.17, 15) is 22.2 Å². The molecule has 2 aromatic heterocycles. The van der Waals surface area contributed by atoms with E-state index in [2.05, 4.69) is 10.2 Å². The zero-order valence-corrected chi connectivity index (χ0v) is 20.2. The average molecular weight is 531 g/mol. The van der Waals surface area contributed by atoms with Gasteiger partial charge in [-0.15, -0.1) is 10.2 Å². The molecule has 37 heavy (non-hydrogen) atoms. The SMILES string of the molecule is O=C(N1CCS(=O)CC1)N(Cc1ccc(-c2nnc(C(F)(F)F)o2)cc1)c1ccc(-c2ccoc2)cc1. The van der Waals surface area contributed by atoms with Gasteiger partial charge in [-0.2, -0.15) is 13.2 Å². The van der Waals surface area contributed by atoms with Crippen LogP contribution in [0.2, 0.25) is 0 Å². The van der Waals surface area contributed by atoms with Gasteiger partial charge in [0.1, 0.15) is 0 Å². The van der Waals surface area contributed by atoms with E-state index in [0.29, 0.717) is 35.8 Å². The van der Waals surface area contributed by atoms with Crippen molar-refractivity contribution in [1.82, 2.24) is 15.1 Å². The molecule has 0 unspecified atom stereocenters. The lowest BCUT2D eigenvalue weighted by molar-refractivity contribution is -0.156. The van der Waals surface area contributed by atoms with E-state index >= 15 is 0 Å². The summed E-state index contributed by atoms with van der Waals surface area (Å²) < 4.78 is 60.0. The van der Waals surface area contributed by atoms with Crippen LogP contribution in [0, 0.1) is 0 Å². The maximum absolute atomic E-state index is 13.5. The molecule has 1 aliphatic heterocycles. The molecule has 0 spiro atoms. The Hall–Kier alpha value is -3.93. The molecule has 2 aromatic carbocycles. The van der Waals surface area contributed by atoms with Crippen molar-refractivity contribution in [1.29, 1.82) is 0 Å². The number of hydrogen-bond donors (Lipinski definition) is 0. The van der Waals surface area contributed by atoms with Crippen molar-refractivity contribution in [2.75, 3.05) is 29.5 Å². The van der Waals surface area contributed by atoms with Gasteiger partial charge in [-0.25, -0.2) is 4.79 Å². The molecular weight excluding hydrogens is 509 g/mol. The van der Waals surface area contributed by atoms with Crippen LogP contribution in [0.25, 0.3) is 22.6 Å². The fourth-order valence-electron chi connectivity index (χ4n) is 3.92. The third-order valence-electron chi connectivity index (χ3n) is 5.92. The van der Waals surface area contributed by atoms with Gasteiger partial charge in [0.25, 0.3) is 0 Å². The monoisotopic (exact) mass is 530 g/mol. The molecule has 8 nitrogen and oxygen atoms in total. The predicted molar refractivity (Wildman–Crippen MR) is 130 cm³/mol. The molecule has 0 N–H and O–H groups in total. The molecule has 3 heterocycles. The fraction of sp³-hybridized carbons (Fsp3) is 0.240. The number of furan rings is 1. The topological polar surface area (TPSA) is 92.7 Å². The van der Waals surface area contributed by atoms with E-state index in [1.54, 1.807) is 46.6 Å². The Balaban J connectivity index is 1.39. The highest BCUT2D eigenvalue weighted by Crippen LogP contribution is 2.31. The number of halogens is 3. The highest BCUT2D eigenvalue weighted by Gasteiger charge is 2.38. The van der Waals surface area contributed by atoms with Crippen LogP contribution in [0.1, 0.15) is 11.5 Å². The van der Waals surface area contributed by atoms with Crippen LogP contribution in [-0.4, -0.2) is 49.9 Å². The number of alkyl halides is 3. The molecule has 5 rings (SSSR count). The lowest BCUT2D eigenvalue weighted by Gasteiger charge is -2.33. The minimum Gasteiger partial charge on any atom is -0.472 e. The van der Waals surface area contributed by atoms with Crippen LogP contribution < -0.4 is 4.90 Å². The van der Waals surface area contributed by atoms with Crippen molar-refractivity contribution in [2.45, 2.75) is 12.7 Å². The number of amides is 2. The van der Waals surface area contributed by atoms with Crippen molar-refractivity contribution in [3.8, 4) is 22.6 Å². The molecule has 0 saturated carbocycles. The molecule has 1 saturated heterocycles. The molecule has 192 valence electrons. The van der Waals surface area contributed by atoms with Crippen molar-refractivity contribution < 1.29 is 31.0 Å². The maximum atomic E-state index is 13.5. The standard InChI is InChI=1S/C25H21F3N4O4S/c26-25(27,28)23-30-29-22(36-23)19-3-1-17(2-4-19)15-32(24(33)31-10-13-37(34)14-11-31)21-7-5-18(6-8-21)20-9-12-35-16-20/h1-9,12,16H,10-11,13-15H2. The smallest absolute Gasteiger partial charge is 0.470 e. The van der Waals surface area contributed by atoms with E-state index in [0.717, 1.165) is 16.7 Å². The average Bonchev–Trinajstić information content (AvgIpc) is 3.61. The van der Waals surface area contributed by atoms with Crippen LogP contribution in [0.15, 0.2) is 76.0 Å². The zero-order valence-electron chi connectivity index (χ0n) is 19.4. The van der Waals surface area contributed by atoms with Crippen molar-refractivity contribution in [3.63, 3.8) is 0 Å². The summed E-state index contributed by atoms with van der Waals surface area (Å²) in [5, 5.41) is 6.53. The van der Waals surface area contributed by atoms with Crippen molar-refractivity contribution in [3.05, 3.63) is 78.6 Å². The van der Waals surface area contributed by atoms with Crippen LogP contribution in [0.4, 0.5) is 23.7 Å². The number of rotatable bonds is 5. The third kappa shape index (κ3) is 5.58. The zero-order chi connectivity index (χ0) is 26.0. The fourth-order valence-corrected chi connectivity index (χ4v) is 4.97. The van der Waals surface area contributed by atoms with Gasteiger partial charge in [-0.05, 0) is 41.5 Å². The summed E-state index contributed by atoms with van der Waals surface area (Å²) in [6.45, 7) is 1.00. The summed E-state index contributed by atoms with van der Waals surface area (Å²) in [4.78, 5) is 16.8. The number of carbonyl (C=O) groups excluding carboxylic acids is 1. The summed E-state index contributed by atoms with van der Waals surface area (Å²) >= 11 is 0. The van der Waals surface area contributed by atoms with Gasteiger partial charge in [0.2, 0.25) is 5.89 Å². The van der Waals surface area contributed by atoms with Gasteiger partial charge < -0.3 is 13.7 Å². The largest absolute Gasteiger partial charge is 0.472 e. The first-order valence-corrected chi connectivity index (χ1v) is 12.8. The first-order chi connectivity index (χ1) is 17.8. The predicted octanol–water partition coefficient (Wildman–Crippen LogP) is 5.21. The third-order valence-corrected chi connectivity index (χ3v) is 7.20. The summed E-state index contributed by atoms with van der Waals surface area (Å²) in [5.41, 5.74) is 3.58. The molecule has 0 atom stereocenters. The van der Waals surface area contributed by atoms with E-state index in [-0.39, 0.29) is 18.5 Å². The number of urea groups is 1. The number of nitrogens with zero attached hydrogens (tertiary/aromatic N) is 4. The Morgan fingerprint density at radius 2 is 1.62 bits per heavy atom. The van der Waals surface area contributed by atoms with E-state index < -0.39 is 22.9 Å². The minimum absolute atomic E-state index is 0.210. The van der Waals surface area contributed by atoms with Crippen LogP contribution in [0.3, 0.4) is 0 Å². The molecule has 0 bridgehead atoms. The van der Waals surface area contributed by atoms with Gasteiger partial charge >= 0.3 is 18.1 Å². The summed E-state index contributed by atoms with van der Waals surface area (Å²) in [6.07, 6.45) is -1.50. The Bertz CT molecular complexity index is 1380. The van der Waals surface area contributed by atoms with Crippen LogP contribution >= 0.6 is 0 Å². The molecule has 4 aromatic rings. The molecule has 0 aliphatic carbocycles. The molecule has 2 amide bonds. The first-order valence-electron chi connectivity index (χ1n) is 11.3. The van der Waals surface area contributed by atoms with Gasteiger partial charge in [-0.3, -0.25) is 9.11 Å². The molecule has 12 heteroatoms. The van der Waals surface area contributed by atoms with Gasteiger partial charge in [0, 0.05) is 52.2 Å². The molecule has 0 radical (unpaired) electrons. The maximum Gasteiger partial charge on any atom is 0.470 e. The van der Waals surface area contributed by atoms with Gasteiger partial charge in [-0.1, -0.05) is 24.3 Å². The van der Waals surface area contributed by atoms with E-state index in [1.807, 2.05) is 30.3 Å². The molecule has 1 fully saturated rings. The summed E-state index contributed by atoms with van der Waals surface area (Å²) in [6, 6.07) is 15.6. The Morgan fingerprint density at radius 1 is 0.946 bits per heavy atom. The number of aromatic nitrogens is 2. The van der Waals surface area contributed by atoms with Gasteiger partial charge in [0.15, 0.2) is 0 Å². The highest BCUT2D eigenvalue weighted by molar-refractivity contribution is 7.85. The number of carbonyl (C=O) groups is 1. The summed E-state index contributed by atoms with van der Waals surface area (Å²) in [5.74, 6) is -0.803. The van der Waals surface area contributed by atoms with Crippen LogP contribution in [0.5, 0.6) is 0 Å². The second-order valence-corrected chi connectivity index (χ2v) is 10.1. The lowest BCUT2D eigenvalue weighted by atomic mass is 10.1. The number of anilines is 1. The number of hydrogen-bond acceptors (Lipinski definition) is 6. The quantitative estimate of drug-likeness (QED) is 0.352. The van der Waals surface area contributed by atoms with E-state index in [4.69, 9.17) is 8.83 Å². The molecule has 1 aliphatic rings. The second kappa shape index (κ2) is 10.2. The van der Waals surface area contributed by atoms with E-state index in [1.165, 1.54) is 0 Å². The van der Waals surface area contributed by atoms with Crippen LogP contribution in [-0.2, 0) is 23.5 Å².